The van der Waals surface area contributed by atoms with Crippen LogP contribution in [-0.2, 0) is 10.0 Å². The van der Waals surface area contributed by atoms with Crippen LogP contribution in [0.1, 0.15) is 11.1 Å². The molecule has 0 atom stereocenters. The molecule has 0 fully saturated rings. The van der Waals surface area contributed by atoms with Crippen LogP contribution < -0.4 is 4.72 Å². The van der Waals surface area contributed by atoms with Crippen LogP contribution in [0.2, 0.25) is 0 Å². The molecule has 0 aliphatic heterocycles. The summed E-state index contributed by atoms with van der Waals surface area (Å²) in [6, 6.07) is 10.9. The summed E-state index contributed by atoms with van der Waals surface area (Å²) in [5, 5.41) is 4.06. The third kappa shape index (κ3) is 3.40. The number of benzene rings is 1. The van der Waals surface area contributed by atoms with Gasteiger partial charge in [-0.25, -0.2) is 18.1 Å². The predicted octanol–water partition coefficient (Wildman–Crippen LogP) is 2.68. The molecule has 0 bridgehead atoms. The number of pyridine rings is 1. The average molecular weight is 328 g/mol. The molecule has 0 aliphatic rings. The second-order valence-electron chi connectivity index (χ2n) is 5.29. The Bertz CT molecular complexity index is 913. The van der Waals surface area contributed by atoms with E-state index in [0.29, 0.717) is 11.5 Å². The van der Waals surface area contributed by atoms with Crippen LogP contribution in [0.5, 0.6) is 0 Å². The lowest BCUT2D eigenvalue weighted by molar-refractivity contribution is 0.601. The van der Waals surface area contributed by atoms with E-state index in [2.05, 4.69) is 14.8 Å². The van der Waals surface area contributed by atoms with Crippen molar-refractivity contribution in [1.82, 2.24) is 14.8 Å². The molecule has 2 aromatic heterocycles. The molecule has 0 saturated carbocycles. The molecular weight excluding hydrogens is 312 g/mol. The number of aromatic nitrogens is 3. The fraction of sp³-hybridized carbons (Fsp3) is 0.125. The highest BCUT2D eigenvalue weighted by molar-refractivity contribution is 7.92. The van der Waals surface area contributed by atoms with Gasteiger partial charge < -0.3 is 0 Å². The van der Waals surface area contributed by atoms with E-state index in [1.54, 1.807) is 30.5 Å². The number of anilines is 1. The number of aryl methyl sites for hydroxylation is 2. The first-order chi connectivity index (χ1) is 10.9. The normalized spacial score (nSPS) is 11.4. The van der Waals surface area contributed by atoms with Crippen molar-refractivity contribution in [2.75, 3.05) is 4.72 Å². The van der Waals surface area contributed by atoms with E-state index in [4.69, 9.17) is 0 Å². The Morgan fingerprint density at radius 2 is 1.83 bits per heavy atom. The summed E-state index contributed by atoms with van der Waals surface area (Å²) in [5.41, 5.74) is 2.52. The van der Waals surface area contributed by atoms with E-state index in [9.17, 15) is 8.42 Å². The summed E-state index contributed by atoms with van der Waals surface area (Å²) in [4.78, 5) is 4.22. The maximum atomic E-state index is 12.5. The van der Waals surface area contributed by atoms with E-state index >= 15 is 0 Å². The van der Waals surface area contributed by atoms with Crippen molar-refractivity contribution in [3.63, 3.8) is 0 Å². The lowest BCUT2D eigenvalue weighted by Gasteiger charge is -2.08. The zero-order valence-electron chi connectivity index (χ0n) is 12.8. The maximum absolute atomic E-state index is 12.5. The van der Waals surface area contributed by atoms with Gasteiger partial charge in [-0.2, -0.15) is 5.10 Å². The molecular formula is C16H16N4O2S. The molecule has 7 heteroatoms. The van der Waals surface area contributed by atoms with Crippen LogP contribution in [0.15, 0.2) is 59.9 Å². The maximum Gasteiger partial charge on any atom is 0.265 e. The Morgan fingerprint density at radius 3 is 2.48 bits per heavy atom. The number of hydrogen-bond acceptors (Lipinski definition) is 4. The van der Waals surface area contributed by atoms with Crippen molar-refractivity contribution < 1.29 is 8.42 Å². The smallest absolute Gasteiger partial charge is 0.265 e. The lowest BCUT2D eigenvalue weighted by Crippen LogP contribution is -2.12. The number of nitrogens with zero attached hydrogens (tertiary/aromatic N) is 3. The summed E-state index contributed by atoms with van der Waals surface area (Å²) >= 11 is 0. The molecule has 6 nitrogen and oxygen atoms in total. The zero-order chi connectivity index (χ0) is 16.4. The molecule has 0 amide bonds. The molecule has 1 aromatic carbocycles. The standard InChI is InChI=1S/C16H16N4O2S/c1-12-7-13(2)9-14(8-12)19-23(21,22)15-10-18-20(11-15)16-5-3-4-6-17-16/h3-11,19H,1-2H3. The quantitative estimate of drug-likeness (QED) is 0.799. The van der Waals surface area contributed by atoms with Gasteiger partial charge in [0.1, 0.15) is 4.90 Å². The summed E-state index contributed by atoms with van der Waals surface area (Å²) in [7, 11) is -3.70. The summed E-state index contributed by atoms with van der Waals surface area (Å²) in [5.74, 6) is 0.556. The number of rotatable bonds is 4. The molecule has 0 saturated heterocycles. The molecule has 0 aliphatic carbocycles. The number of hydrogen-bond donors (Lipinski definition) is 1. The second-order valence-corrected chi connectivity index (χ2v) is 6.97. The Balaban J connectivity index is 1.90. The van der Waals surface area contributed by atoms with E-state index < -0.39 is 10.0 Å². The van der Waals surface area contributed by atoms with Gasteiger partial charge in [0.15, 0.2) is 5.82 Å². The molecule has 0 radical (unpaired) electrons. The monoisotopic (exact) mass is 328 g/mol. The highest BCUT2D eigenvalue weighted by Crippen LogP contribution is 2.19. The Labute approximate surface area is 134 Å². The largest absolute Gasteiger partial charge is 0.280 e. The van der Waals surface area contributed by atoms with Gasteiger partial charge in [-0.15, -0.1) is 0 Å². The van der Waals surface area contributed by atoms with Crippen LogP contribution in [-0.4, -0.2) is 23.2 Å². The summed E-state index contributed by atoms with van der Waals surface area (Å²) in [6.45, 7) is 3.84. The molecule has 3 rings (SSSR count). The minimum absolute atomic E-state index is 0.0855. The van der Waals surface area contributed by atoms with E-state index in [1.807, 2.05) is 26.0 Å². The van der Waals surface area contributed by atoms with Gasteiger partial charge in [0.25, 0.3) is 10.0 Å². The lowest BCUT2D eigenvalue weighted by atomic mass is 10.1. The Morgan fingerprint density at radius 1 is 1.09 bits per heavy atom. The molecule has 0 spiro atoms. The van der Waals surface area contributed by atoms with E-state index in [-0.39, 0.29) is 4.90 Å². The van der Waals surface area contributed by atoms with Crippen LogP contribution in [0.3, 0.4) is 0 Å². The van der Waals surface area contributed by atoms with Crippen molar-refractivity contribution in [2.24, 2.45) is 0 Å². The van der Waals surface area contributed by atoms with Crippen LogP contribution in [0.25, 0.3) is 5.82 Å². The number of sulfonamides is 1. The molecule has 0 unspecified atom stereocenters. The highest BCUT2D eigenvalue weighted by Gasteiger charge is 2.17. The van der Waals surface area contributed by atoms with Gasteiger partial charge >= 0.3 is 0 Å². The average Bonchev–Trinajstić information content (AvgIpc) is 2.97. The first-order valence-corrected chi connectivity index (χ1v) is 8.49. The molecule has 2 heterocycles. The Kier molecular flexibility index (Phi) is 3.87. The van der Waals surface area contributed by atoms with Gasteiger partial charge in [-0.05, 0) is 49.2 Å². The molecule has 1 N–H and O–H groups in total. The van der Waals surface area contributed by atoms with E-state index in [1.165, 1.54) is 17.1 Å². The minimum Gasteiger partial charge on any atom is -0.280 e. The minimum atomic E-state index is -3.70. The molecule has 23 heavy (non-hydrogen) atoms. The zero-order valence-corrected chi connectivity index (χ0v) is 13.6. The predicted molar refractivity (Wildman–Crippen MR) is 88.1 cm³/mol. The molecule has 118 valence electrons. The third-order valence-electron chi connectivity index (χ3n) is 3.23. The van der Waals surface area contributed by atoms with Gasteiger partial charge in [0.05, 0.1) is 12.4 Å². The van der Waals surface area contributed by atoms with Crippen LogP contribution in [0.4, 0.5) is 5.69 Å². The topological polar surface area (TPSA) is 76.9 Å². The third-order valence-corrected chi connectivity index (χ3v) is 4.56. The molecule has 3 aromatic rings. The Hall–Kier alpha value is -2.67. The van der Waals surface area contributed by atoms with Gasteiger partial charge in [0.2, 0.25) is 0 Å². The highest BCUT2D eigenvalue weighted by atomic mass is 32.2. The van der Waals surface area contributed by atoms with E-state index in [0.717, 1.165) is 11.1 Å². The second kappa shape index (κ2) is 5.85. The van der Waals surface area contributed by atoms with Crippen LogP contribution >= 0.6 is 0 Å². The summed E-state index contributed by atoms with van der Waals surface area (Å²) in [6.07, 6.45) is 4.37. The van der Waals surface area contributed by atoms with Gasteiger partial charge in [-0.3, -0.25) is 4.72 Å². The van der Waals surface area contributed by atoms with Crippen molar-refractivity contribution in [2.45, 2.75) is 18.7 Å². The van der Waals surface area contributed by atoms with Crippen molar-refractivity contribution in [3.05, 3.63) is 66.1 Å². The fourth-order valence-corrected chi connectivity index (χ4v) is 3.28. The SMILES string of the molecule is Cc1cc(C)cc(NS(=O)(=O)c2cnn(-c3ccccn3)c2)c1. The van der Waals surface area contributed by atoms with Gasteiger partial charge in [0, 0.05) is 11.9 Å². The first-order valence-electron chi connectivity index (χ1n) is 7.01. The number of nitrogens with one attached hydrogen (secondary N) is 1. The first kappa shape index (κ1) is 15.2. The summed E-state index contributed by atoms with van der Waals surface area (Å²) < 4.78 is 29.0. The van der Waals surface area contributed by atoms with Crippen molar-refractivity contribution in [3.8, 4) is 5.82 Å². The van der Waals surface area contributed by atoms with Crippen molar-refractivity contribution in [1.29, 1.82) is 0 Å². The van der Waals surface area contributed by atoms with Gasteiger partial charge in [-0.1, -0.05) is 12.1 Å². The van der Waals surface area contributed by atoms with Crippen LogP contribution in [0, 0.1) is 13.8 Å². The van der Waals surface area contributed by atoms with Crippen molar-refractivity contribution >= 4 is 15.7 Å². The fourth-order valence-electron chi connectivity index (χ4n) is 2.31.